The molecule has 6 heteroatoms. The van der Waals surface area contributed by atoms with Crippen LogP contribution < -0.4 is 21.9 Å². The Morgan fingerprint density at radius 2 is 2.25 bits per heavy atom. The van der Waals surface area contributed by atoms with Gasteiger partial charge in [-0.25, -0.2) is 4.79 Å². The summed E-state index contributed by atoms with van der Waals surface area (Å²) < 4.78 is 1.05. The van der Waals surface area contributed by atoms with Crippen LogP contribution in [0.5, 0.6) is 0 Å². The summed E-state index contributed by atoms with van der Waals surface area (Å²) in [4.78, 5) is 27.5. The third-order valence-electron chi connectivity index (χ3n) is 2.93. The first kappa shape index (κ1) is 10.9. The molecule has 1 saturated heterocycles. The maximum atomic E-state index is 11.5. The van der Waals surface area contributed by atoms with Crippen LogP contribution in [0, 0.1) is 0 Å². The Balaban J connectivity index is 2.34. The van der Waals surface area contributed by atoms with Crippen molar-refractivity contribution in [2.45, 2.75) is 18.9 Å². The van der Waals surface area contributed by atoms with Gasteiger partial charge >= 0.3 is 5.69 Å². The van der Waals surface area contributed by atoms with Gasteiger partial charge in [0.25, 0.3) is 5.56 Å². The van der Waals surface area contributed by atoms with E-state index in [1.807, 2.05) is 4.90 Å². The highest BCUT2D eigenvalue weighted by atomic mass is 16.2. The summed E-state index contributed by atoms with van der Waals surface area (Å²) in [6.07, 6.45) is 1.98. The van der Waals surface area contributed by atoms with E-state index in [-0.39, 0.29) is 17.3 Å². The molecular formula is C10H16N4O2. The summed E-state index contributed by atoms with van der Waals surface area (Å²) in [5.74, 6) is 0.572. The number of rotatable bonds is 1. The molecule has 3 N–H and O–H groups in total. The van der Waals surface area contributed by atoms with Crippen molar-refractivity contribution in [3.05, 3.63) is 26.9 Å². The summed E-state index contributed by atoms with van der Waals surface area (Å²) in [6.45, 7) is 1.51. The van der Waals surface area contributed by atoms with Gasteiger partial charge in [-0.1, -0.05) is 0 Å². The van der Waals surface area contributed by atoms with E-state index >= 15 is 0 Å². The first-order valence-corrected chi connectivity index (χ1v) is 5.39. The number of nitrogens with zero attached hydrogens (tertiary/aromatic N) is 2. The predicted molar refractivity (Wildman–Crippen MR) is 61.7 cm³/mol. The number of nitrogens with two attached hydrogens (primary N) is 1. The lowest BCUT2D eigenvalue weighted by Gasteiger charge is -2.31. The maximum absolute atomic E-state index is 11.5. The van der Waals surface area contributed by atoms with Gasteiger partial charge in [0.05, 0.1) is 0 Å². The highest BCUT2D eigenvalue weighted by Crippen LogP contribution is 2.13. The maximum Gasteiger partial charge on any atom is 0.329 e. The van der Waals surface area contributed by atoms with Gasteiger partial charge in [-0.15, -0.1) is 0 Å². The van der Waals surface area contributed by atoms with Crippen LogP contribution in [-0.4, -0.2) is 28.7 Å². The number of piperidine rings is 1. The number of aromatic nitrogens is 2. The zero-order valence-corrected chi connectivity index (χ0v) is 9.27. The van der Waals surface area contributed by atoms with Gasteiger partial charge in [-0.05, 0) is 12.8 Å². The summed E-state index contributed by atoms with van der Waals surface area (Å²) in [5, 5.41) is 0. The van der Waals surface area contributed by atoms with Crippen molar-refractivity contribution < 1.29 is 0 Å². The second kappa shape index (κ2) is 4.13. The van der Waals surface area contributed by atoms with Crippen molar-refractivity contribution in [1.29, 1.82) is 0 Å². The fraction of sp³-hybridized carbons (Fsp3) is 0.600. The molecule has 0 spiro atoms. The highest BCUT2D eigenvalue weighted by Gasteiger charge is 2.18. The van der Waals surface area contributed by atoms with Crippen molar-refractivity contribution in [3.63, 3.8) is 0 Å². The van der Waals surface area contributed by atoms with Gasteiger partial charge < -0.3 is 10.6 Å². The number of hydrogen-bond donors (Lipinski definition) is 2. The van der Waals surface area contributed by atoms with Gasteiger partial charge in [0.2, 0.25) is 0 Å². The van der Waals surface area contributed by atoms with E-state index in [0.717, 1.165) is 24.0 Å². The lowest BCUT2D eigenvalue weighted by Crippen LogP contribution is -2.45. The van der Waals surface area contributed by atoms with Crippen LogP contribution in [-0.2, 0) is 7.05 Å². The van der Waals surface area contributed by atoms with Gasteiger partial charge in [0, 0.05) is 32.2 Å². The molecule has 0 aromatic carbocycles. The Hall–Kier alpha value is -1.56. The summed E-state index contributed by atoms with van der Waals surface area (Å²) >= 11 is 0. The highest BCUT2D eigenvalue weighted by molar-refractivity contribution is 5.37. The van der Waals surface area contributed by atoms with Gasteiger partial charge in [0.1, 0.15) is 5.82 Å². The number of hydrogen-bond acceptors (Lipinski definition) is 4. The number of anilines is 1. The topological polar surface area (TPSA) is 84.1 Å². The van der Waals surface area contributed by atoms with Crippen molar-refractivity contribution in [3.8, 4) is 0 Å². The average molecular weight is 224 g/mol. The largest absolute Gasteiger partial charge is 0.356 e. The first-order valence-electron chi connectivity index (χ1n) is 5.39. The van der Waals surface area contributed by atoms with E-state index in [2.05, 4.69) is 4.98 Å². The lowest BCUT2D eigenvalue weighted by molar-refractivity contribution is 0.501. The first-order chi connectivity index (χ1) is 7.58. The molecule has 2 rings (SSSR count). The Morgan fingerprint density at radius 3 is 2.88 bits per heavy atom. The third kappa shape index (κ3) is 2.01. The van der Waals surface area contributed by atoms with Crippen LogP contribution in [0.2, 0.25) is 0 Å². The molecule has 0 bridgehead atoms. The normalized spacial score (nSPS) is 21.1. The molecule has 2 heterocycles. The molecule has 1 fully saturated rings. The molecule has 0 aliphatic carbocycles. The molecule has 1 atom stereocenters. The Morgan fingerprint density at radius 1 is 1.50 bits per heavy atom. The Bertz CT molecular complexity index is 459. The van der Waals surface area contributed by atoms with E-state index in [4.69, 9.17) is 5.73 Å². The van der Waals surface area contributed by atoms with E-state index in [0.29, 0.717) is 12.4 Å². The molecule has 88 valence electrons. The molecular weight excluding hydrogens is 208 g/mol. The van der Waals surface area contributed by atoms with Crippen LogP contribution in [0.4, 0.5) is 5.82 Å². The van der Waals surface area contributed by atoms with Crippen LogP contribution >= 0.6 is 0 Å². The molecule has 16 heavy (non-hydrogen) atoms. The molecule has 1 aromatic rings. The summed E-state index contributed by atoms with van der Waals surface area (Å²) in [6, 6.07) is 1.56. The van der Waals surface area contributed by atoms with Crippen LogP contribution in [0.1, 0.15) is 12.8 Å². The monoisotopic (exact) mass is 224 g/mol. The molecule has 0 unspecified atom stereocenters. The van der Waals surface area contributed by atoms with E-state index in [1.54, 1.807) is 0 Å². The van der Waals surface area contributed by atoms with E-state index in [9.17, 15) is 9.59 Å². The van der Waals surface area contributed by atoms with Crippen LogP contribution in [0.15, 0.2) is 15.7 Å². The lowest BCUT2D eigenvalue weighted by atomic mass is 10.1. The van der Waals surface area contributed by atoms with Crippen LogP contribution in [0.3, 0.4) is 0 Å². The zero-order chi connectivity index (χ0) is 11.7. The fourth-order valence-electron chi connectivity index (χ4n) is 1.94. The zero-order valence-electron chi connectivity index (χ0n) is 9.27. The number of nitrogens with one attached hydrogen (secondary N) is 1. The van der Waals surface area contributed by atoms with Crippen molar-refractivity contribution in [2.24, 2.45) is 12.8 Å². The van der Waals surface area contributed by atoms with Crippen molar-refractivity contribution in [1.82, 2.24) is 9.55 Å². The number of aromatic amines is 1. The fourth-order valence-corrected chi connectivity index (χ4v) is 1.94. The average Bonchev–Trinajstić information content (AvgIpc) is 2.25. The second-order valence-corrected chi connectivity index (χ2v) is 4.21. The smallest absolute Gasteiger partial charge is 0.329 e. The van der Waals surface area contributed by atoms with Crippen LogP contribution in [0.25, 0.3) is 0 Å². The molecule has 1 aliphatic heterocycles. The molecule has 1 aromatic heterocycles. The molecule has 0 saturated carbocycles. The molecule has 1 aliphatic rings. The van der Waals surface area contributed by atoms with Crippen molar-refractivity contribution in [2.75, 3.05) is 18.0 Å². The molecule has 0 radical (unpaired) electrons. The van der Waals surface area contributed by atoms with Gasteiger partial charge in [-0.2, -0.15) is 0 Å². The summed E-state index contributed by atoms with van der Waals surface area (Å²) in [7, 11) is 1.45. The van der Waals surface area contributed by atoms with Crippen molar-refractivity contribution >= 4 is 5.82 Å². The molecule has 0 amide bonds. The Kier molecular flexibility index (Phi) is 2.82. The third-order valence-corrected chi connectivity index (χ3v) is 2.93. The predicted octanol–water partition coefficient (Wildman–Crippen LogP) is -0.999. The SMILES string of the molecule is Cn1c(=O)cc(N2CCC[C@H](N)C2)[nH]c1=O. The standard InChI is InChI=1S/C10H16N4O2/c1-13-9(15)5-8(12-10(13)16)14-4-2-3-7(11)6-14/h5,7H,2-4,6,11H2,1H3,(H,12,16)/t7-/m0/s1. The molecule has 6 nitrogen and oxygen atoms in total. The van der Waals surface area contributed by atoms with E-state index < -0.39 is 0 Å². The Labute approximate surface area is 92.7 Å². The minimum atomic E-state index is -0.387. The minimum absolute atomic E-state index is 0.112. The second-order valence-electron chi connectivity index (χ2n) is 4.21. The van der Waals surface area contributed by atoms with E-state index in [1.165, 1.54) is 13.1 Å². The minimum Gasteiger partial charge on any atom is -0.356 e. The summed E-state index contributed by atoms with van der Waals surface area (Å²) in [5.41, 5.74) is 5.17. The van der Waals surface area contributed by atoms with Gasteiger partial charge in [0.15, 0.2) is 0 Å². The van der Waals surface area contributed by atoms with Gasteiger partial charge in [-0.3, -0.25) is 14.3 Å². The number of H-pyrrole nitrogens is 1. The quantitative estimate of drug-likeness (QED) is 0.641.